The number of hydrogen-bond donors (Lipinski definition) is 3. The summed E-state index contributed by atoms with van der Waals surface area (Å²) < 4.78 is 28.2. The highest BCUT2D eigenvalue weighted by molar-refractivity contribution is 6.30. The number of nitrogens with one attached hydrogen (secondary N) is 1. The van der Waals surface area contributed by atoms with Gasteiger partial charge in [-0.15, -0.1) is 0 Å². The molecule has 4 unspecified atom stereocenters. The SMILES string of the molecule is COc1ccc(OC)c(COc2ccc(Cl)cc2CNc2ncnc3c2ncn3C2OC(C(=O)OC(N)=O)C(N=[N+]=[N-])C2O)c1. The Bertz CT molecular complexity index is 1780. The maximum Gasteiger partial charge on any atom is 0.412 e. The van der Waals surface area contributed by atoms with Crippen LogP contribution in [-0.2, 0) is 27.4 Å². The Morgan fingerprint density at radius 2 is 1.96 bits per heavy atom. The molecule has 2 aromatic heterocycles. The molecule has 0 spiro atoms. The number of nitrogens with two attached hydrogens (primary N) is 1. The second kappa shape index (κ2) is 13.5. The molecule has 4 N–H and O–H groups in total. The first-order chi connectivity index (χ1) is 21.7. The molecular weight excluding hydrogens is 614 g/mol. The van der Waals surface area contributed by atoms with Gasteiger partial charge in [-0.05, 0) is 41.9 Å². The van der Waals surface area contributed by atoms with Crippen molar-refractivity contribution in [2.45, 2.75) is 37.6 Å². The van der Waals surface area contributed by atoms with E-state index in [1.165, 1.54) is 17.2 Å². The number of aromatic nitrogens is 4. The first-order valence-corrected chi connectivity index (χ1v) is 13.5. The standard InChI is InChI=1S/C27H26ClN9O8/c1-41-16-4-6-17(42-2)14(8-16)10-43-18-5-3-15(28)7-13(18)9-31-23-20-24(33-11-32-23)37(12-34-20)25-21(38)19(35-36-30)22(44-25)26(39)45-27(29)40/h3-8,11-12,19,21-22,25,38H,9-10H2,1-2H3,(H2,29,40)(H,31,32,33). The molecule has 0 radical (unpaired) electrons. The van der Waals surface area contributed by atoms with Gasteiger partial charge in [0, 0.05) is 27.6 Å². The highest BCUT2D eigenvalue weighted by Gasteiger charge is 2.49. The van der Waals surface area contributed by atoms with Crippen LogP contribution in [0.4, 0.5) is 10.6 Å². The van der Waals surface area contributed by atoms with E-state index in [-0.39, 0.29) is 18.8 Å². The normalized spacial score (nSPS) is 19.0. The van der Waals surface area contributed by atoms with Crippen molar-refractivity contribution in [1.82, 2.24) is 19.5 Å². The molecule has 45 heavy (non-hydrogen) atoms. The van der Waals surface area contributed by atoms with Gasteiger partial charge in [-0.1, -0.05) is 16.7 Å². The third kappa shape index (κ3) is 6.61. The average molecular weight is 640 g/mol. The minimum atomic E-state index is -1.62. The molecule has 1 amide bonds. The monoisotopic (exact) mass is 639 g/mol. The molecule has 0 aliphatic carbocycles. The lowest BCUT2D eigenvalue weighted by atomic mass is 10.1. The predicted molar refractivity (Wildman–Crippen MR) is 157 cm³/mol. The van der Waals surface area contributed by atoms with Gasteiger partial charge in [0.1, 0.15) is 42.3 Å². The molecule has 2 aromatic carbocycles. The Hall–Kier alpha value is -5.35. The van der Waals surface area contributed by atoms with Gasteiger partial charge in [-0.2, -0.15) is 0 Å². The predicted octanol–water partition coefficient (Wildman–Crippen LogP) is 3.25. The number of carbonyl (C=O) groups excluding carboxylic acids is 2. The maximum atomic E-state index is 12.3. The van der Waals surface area contributed by atoms with Crippen molar-refractivity contribution in [3.63, 3.8) is 0 Å². The van der Waals surface area contributed by atoms with Gasteiger partial charge in [-0.3, -0.25) is 4.57 Å². The van der Waals surface area contributed by atoms with E-state index < -0.39 is 36.5 Å². The van der Waals surface area contributed by atoms with E-state index in [0.717, 1.165) is 5.56 Å². The minimum absolute atomic E-state index is 0.186. The molecule has 17 nitrogen and oxygen atoms in total. The molecule has 234 valence electrons. The number of azide groups is 1. The number of esters is 1. The summed E-state index contributed by atoms with van der Waals surface area (Å²) in [6.07, 6.45) is -3.26. The molecule has 1 aliphatic heterocycles. The van der Waals surface area contributed by atoms with Gasteiger partial charge in [0.15, 0.2) is 29.3 Å². The largest absolute Gasteiger partial charge is 0.497 e. The van der Waals surface area contributed by atoms with Crippen LogP contribution in [0.5, 0.6) is 17.2 Å². The zero-order chi connectivity index (χ0) is 32.1. The maximum absolute atomic E-state index is 12.3. The third-order valence-electron chi connectivity index (χ3n) is 6.83. The highest BCUT2D eigenvalue weighted by atomic mass is 35.5. The van der Waals surface area contributed by atoms with Crippen LogP contribution in [0.3, 0.4) is 0 Å². The average Bonchev–Trinajstić information content (AvgIpc) is 3.60. The Balaban J connectivity index is 1.36. The van der Waals surface area contributed by atoms with Gasteiger partial charge in [-0.25, -0.2) is 24.5 Å². The highest BCUT2D eigenvalue weighted by Crippen LogP contribution is 2.35. The lowest BCUT2D eigenvalue weighted by Gasteiger charge is -2.17. The molecule has 0 saturated carbocycles. The number of halogens is 1. The number of anilines is 1. The number of ether oxygens (including phenoxy) is 5. The third-order valence-corrected chi connectivity index (χ3v) is 7.06. The van der Waals surface area contributed by atoms with Gasteiger partial charge in [0.05, 0.1) is 20.5 Å². The summed E-state index contributed by atoms with van der Waals surface area (Å²) in [4.78, 5) is 39.0. The zero-order valence-corrected chi connectivity index (χ0v) is 24.5. The molecule has 1 fully saturated rings. The van der Waals surface area contributed by atoms with E-state index in [2.05, 4.69) is 35.0 Å². The number of methoxy groups -OCH3 is 2. The first kappa shape index (κ1) is 31.1. The van der Waals surface area contributed by atoms with Crippen molar-refractivity contribution in [3.05, 3.63) is 75.6 Å². The number of primary amides is 1. The van der Waals surface area contributed by atoms with Crippen LogP contribution >= 0.6 is 11.6 Å². The number of carbonyl (C=O) groups is 2. The van der Waals surface area contributed by atoms with Crippen molar-refractivity contribution in [2.24, 2.45) is 10.8 Å². The fourth-order valence-electron chi connectivity index (χ4n) is 4.75. The van der Waals surface area contributed by atoms with Crippen LogP contribution in [0, 0.1) is 0 Å². The summed E-state index contributed by atoms with van der Waals surface area (Å²) in [6, 6.07) is 9.17. The van der Waals surface area contributed by atoms with E-state index in [1.54, 1.807) is 44.6 Å². The summed E-state index contributed by atoms with van der Waals surface area (Å²) in [6.45, 7) is 0.401. The molecular formula is C27H26ClN9O8. The number of benzene rings is 2. The second-order valence-electron chi connectivity index (χ2n) is 9.49. The summed E-state index contributed by atoms with van der Waals surface area (Å²) in [7, 11) is 3.14. The fourth-order valence-corrected chi connectivity index (χ4v) is 4.95. The fraction of sp³-hybridized carbons (Fsp3) is 0.296. The van der Waals surface area contributed by atoms with E-state index in [9.17, 15) is 14.7 Å². The van der Waals surface area contributed by atoms with Crippen molar-refractivity contribution in [1.29, 1.82) is 0 Å². The van der Waals surface area contributed by atoms with Crippen LogP contribution < -0.4 is 25.3 Å². The second-order valence-corrected chi connectivity index (χ2v) is 9.93. The zero-order valence-electron chi connectivity index (χ0n) is 23.7. The molecule has 0 bridgehead atoms. The van der Waals surface area contributed by atoms with Crippen molar-refractivity contribution >= 4 is 40.6 Å². The van der Waals surface area contributed by atoms with E-state index >= 15 is 0 Å². The van der Waals surface area contributed by atoms with Crippen LogP contribution in [0.1, 0.15) is 17.4 Å². The van der Waals surface area contributed by atoms with E-state index in [0.29, 0.717) is 39.2 Å². The number of amides is 1. The number of hydrogen-bond acceptors (Lipinski definition) is 13. The van der Waals surface area contributed by atoms with Crippen LogP contribution in [0.2, 0.25) is 5.02 Å². The van der Waals surface area contributed by atoms with Crippen LogP contribution in [-0.4, -0.2) is 69.2 Å². The number of imidazole rings is 1. The van der Waals surface area contributed by atoms with Crippen molar-refractivity contribution in [2.75, 3.05) is 19.5 Å². The topological polar surface area (TPSA) is 231 Å². The van der Waals surface area contributed by atoms with E-state index in [4.69, 9.17) is 41.8 Å². The van der Waals surface area contributed by atoms with Crippen molar-refractivity contribution < 1.29 is 38.4 Å². The molecule has 4 aromatic rings. The number of fused-ring (bicyclic) bond motifs is 1. The number of nitrogens with zero attached hydrogens (tertiary/aromatic N) is 7. The molecule has 1 aliphatic rings. The smallest absolute Gasteiger partial charge is 0.412 e. The quantitative estimate of drug-likeness (QED) is 0.0705. The number of aliphatic hydroxyl groups is 1. The summed E-state index contributed by atoms with van der Waals surface area (Å²) in [5.41, 5.74) is 15.9. The summed E-state index contributed by atoms with van der Waals surface area (Å²) >= 11 is 6.30. The Morgan fingerprint density at radius 3 is 2.69 bits per heavy atom. The number of aliphatic hydroxyl groups excluding tert-OH is 1. The van der Waals surface area contributed by atoms with Gasteiger partial charge in [0.25, 0.3) is 0 Å². The Kier molecular flexibility index (Phi) is 9.34. The lowest BCUT2D eigenvalue weighted by molar-refractivity contribution is -0.152. The molecule has 18 heteroatoms. The Morgan fingerprint density at radius 1 is 1.16 bits per heavy atom. The lowest BCUT2D eigenvalue weighted by Crippen LogP contribution is -2.37. The van der Waals surface area contributed by atoms with Crippen LogP contribution in [0.25, 0.3) is 21.6 Å². The van der Waals surface area contributed by atoms with E-state index in [1.807, 2.05) is 6.07 Å². The molecule has 3 heterocycles. The van der Waals surface area contributed by atoms with Crippen LogP contribution in [0.15, 0.2) is 54.2 Å². The van der Waals surface area contributed by atoms with Gasteiger partial charge >= 0.3 is 12.1 Å². The minimum Gasteiger partial charge on any atom is -0.497 e. The number of rotatable bonds is 11. The summed E-state index contributed by atoms with van der Waals surface area (Å²) in [5.74, 6) is 0.939. The van der Waals surface area contributed by atoms with Gasteiger partial charge in [0.2, 0.25) is 0 Å². The molecule has 5 rings (SSSR count). The first-order valence-electron chi connectivity index (χ1n) is 13.2. The molecule has 4 atom stereocenters. The summed E-state index contributed by atoms with van der Waals surface area (Å²) in [5, 5.41) is 18.0. The Labute approximate surface area is 259 Å². The van der Waals surface area contributed by atoms with Gasteiger partial charge < -0.3 is 39.8 Å². The molecule has 1 saturated heterocycles. The van der Waals surface area contributed by atoms with Crippen molar-refractivity contribution in [3.8, 4) is 17.2 Å².